The van der Waals surface area contributed by atoms with Crippen LogP contribution in [-0.2, 0) is 16.1 Å². The van der Waals surface area contributed by atoms with E-state index in [0.717, 1.165) is 19.4 Å². The van der Waals surface area contributed by atoms with Crippen molar-refractivity contribution in [2.75, 3.05) is 27.2 Å². The number of hydrogen-bond acceptors (Lipinski definition) is 2. The Bertz CT molecular complexity index is 573. The van der Waals surface area contributed by atoms with E-state index in [1.165, 1.54) is 16.7 Å². The minimum absolute atomic E-state index is 0. The molecule has 0 saturated heterocycles. The molecule has 4 heteroatoms. The summed E-state index contributed by atoms with van der Waals surface area (Å²) in [6.45, 7) is 7.85. The Balaban J connectivity index is 0.00000576. The normalized spacial score (nSPS) is 11.5. The van der Waals surface area contributed by atoms with Crippen LogP contribution in [0.2, 0.25) is 0 Å². The average Bonchev–Trinajstić information content (AvgIpc) is 2.46. The molecule has 0 spiro atoms. The Labute approximate surface area is 163 Å². The molecule has 0 heterocycles. The molecule has 0 aliphatic rings. The monoisotopic (exact) mass is 409 g/mol. The second-order valence-electron chi connectivity index (χ2n) is 7.29. The van der Waals surface area contributed by atoms with Crippen molar-refractivity contribution in [3.8, 4) is 0 Å². The third-order valence-electron chi connectivity index (χ3n) is 3.78. The molecule has 1 aromatic carbocycles. The molecular formula is C21H32BrNO2. The van der Waals surface area contributed by atoms with Crippen molar-refractivity contribution in [3.05, 3.63) is 59.2 Å². The molecule has 0 amide bonds. The Morgan fingerprint density at radius 2 is 1.72 bits per heavy atom. The maximum Gasteiger partial charge on any atom is 0.362 e. The SMILES string of the molecule is CC(C)=CCC/C(C)=C/COC(=O)C[N+](C)(C)Cc1ccccc1.[Br-]. The summed E-state index contributed by atoms with van der Waals surface area (Å²) in [6.07, 6.45) is 6.29. The van der Waals surface area contributed by atoms with E-state index >= 15 is 0 Å². The minimum Gasteiger partial charge on any atom is -1.00 e. The third-order valence-corrected chi connectivity index (χ3v) is 3.78. The van der Waals surface area contributed by atoms with Crippen LogP contribution in [0.5, 0.6) is 0 Å². The number of ether oxygens (including phenoxy) is 1. The number of halogens is 1. The predicted molar refractivity (Wildman–Crippen MR) is 101 cm³/mol. The zero-order valence-electron chi connectivity index (χ0n) is 16.2. The maximum atomic E-state index is 12.1. The molecule has 0 unspecified atom stereocenters. The first kappa shape index (κ1) is 23.6. The van der Waals surface area contributed by atoms with Crippen LogP contribution in [0.15, 0.2) is 53.6 Å². The molecule has 140 valence electrons. The number of carbonyl (C=O) groups is 1. The van der Waals surface area contributed by atoms with Crippen LogP contribution in [0.3, 0.4) is 0 Å². The Morgan fingerprint density at radius 1 is 1.08 bits per heavy atom. The molecule has 0 aliphatic carbocycles. The molecule has 0 saturated carbocycles. The van der Waals surface area contributed by atoms with Gasteiger partial charge in [0.1, 0.15) is 13.2 Å². The highest BCUT2D eigenvalue weighted by Crippen LogP contribution is 2.10. The number of nitrogens with zero attached hydrogens (tertiary/aromatic N) is 1. The molecule has 0 bridgehead atoms. The van der Waals surface area contributed by atoms with Crippen molar-refractivity contribution in [2.45, 2.75) is 40.2 Å². The first-order valence-electron chi connectivity index (χ1n) is 8.59. The van der Waals surface area contributed by atoms with Gasteiger partial charge in [0.05, 0.1) is 14.1 Å². The summed E-state index contributed by atoms with van der Waals surface area (Å²) in [4.78, 5) is 12.1. The first-order valence-corrected chi connectivity index (χ1v) is 8.59. The van der Waals surface area contributed by atoms with Gasteiger partial charge in [0.2, 0.25) is 0 Å². The van der Waals surface area contributed by atoms with E-state index in [-0.39, 0.29) is 23.0 Å². The van der Waals surface area contributed by atoms with Gasteiger partial charge in [-0.15, -0.1) is 0 Å². The summed E-state index contributed by atoms with van der Waals surface area (Å²) in [5.74, 6) is -0.149. The fourth-order valence-corrected chi connectivity index (χ4v) is 2.50. The zero-order valence-corrected chi connectivity index (χ0v) is 17.8. The molecular weight excluding hydrogens is 378 g/mol. The second kappa shape index (κ2) is 12.0. The quantitative estimate of drug-likeness (QED) is 0.351. The van der Waals surface area contributed by atoms with Gasteiger partial charge in [-0.25, -0.2) is 4.79 Å². The lowest BCUT2D eigenvalue weighted by molar-refractivity contribution is -0.896. The van der Waals surface area contributed by atoms with Crippen LogP contribution in [0.25, 0.3) is 0 Å². The van der Waals surface area contributed by atoms with Crippen LogP contribution in [0.4, 0.5) is 0 Å². The topological polar surface area (TPSA) is 26.3 Å². The Hall–Kier alpha value is -1.39. The number of quaternary nitrogens is 1. The van der Waals surface area contributed by atoms with E-state index in [0.29, 0.717) is 17.6 Å². The lowest BCUT2D eigenvalue weighted by Gasteiger charge is -2.28. The molecule has 0 aliphatic heterocycles. The van der Waals surface area contributed by atoms with Crippen LogP contribution in [-0.4, -0.2) is 37.7 Å². The molecule has 0 atom stereocenters. The molecule has 3 nitrogen and oxygen atoms in total. The summed E-state index contributed by atoms with van der Waals surface area (Å²) in [5, 5.41) is 0. The van der Waals surface area contributed by atoms with E-state index < -0.39 is 0 Å². The fourth-order valence-electron chi connectivity index (χ4n) is 2.50. The standard InChI is InChI=1S/C21H32NO2.BrH/c1-18(2)10-9-11-19(3)14-15-24-21(23)17-22(4,5)16-20-12-7-6-8-13-20;/h6-8,10,12-14H,9,11,15-17H2,1-5H3;1H/q+1;/p-1/b19-14+;. The largest absolute Gasteiger partial charge is 1.00 e. The van der Waals surface area contributed by atoms with E-state index in [2.05, 4.69) is 53.1 Å². The predicted octanol–water partition coefficient (Wildman–Crippen LogP) is 1.50. The van der Waals surface area contributed by atoms with Crippen LogP contribution < -0.4 is 17.0 Å². The van der Waals surface area contributed by atoms with Crippen LogP contribution in [0.1, 0.15) is 39.2 Å². The highest BCUT2D eigenvalue weighted by Gasteiger charge is 2.21. The minimum atomic E-state index is -0.149. The van der Waals surface area contributed by atoms with Crippen molar-refractivity contribution < 1.29 is 31.0 Å². The van der Waals surface area contributed by atoms with Gasteiger partial charge >= 0.3 is 5.97 Å². The van der Waals surface area contributed by atoms with Crippen LogP contribution in [0, 0.1) is 0 Å². The Kier molecular flexibility index (Phi) is 11.4. The Morgan fingerprint density at radius 3 is 2.32 bits per heavy atom. The summed E-state index contributed by atoms with van der Waals surface area (Å²) in [6, 6.07) is 10.2. The summed E-state index contributed by atoms with van der Waals surface area (Å²) >= 11 is 0. The van der Waals surface area contributed by atoms with E-state index in [9.17, 15) is 4.79 Å². The average molecular weight is 410 g/mol. The van der Waals surface area contributed by atoms with Gasteiger partial charge in [-0.2, -0.15) is 0 Å². The van der Waals surface area contributed by atoms with Crippen molar-refractivity contribution in [2.24, 2.45) is 0 Å². The molecule has 0 aromatic heterocycles. The van der Waals surface area contributed by atoms with E-state index in [1.807, 2.05) is 24.3 Å². The van der Waals surface area contributed by atoms with Crippen molar-refractivity contribution >= 4 is 5.97 Å². The van der Waals surface area contributed by atoms with Gasteiger partial charge in [-0.3, -0.25) is 0 Å². The summed E-state index contributed by atoms with van der Waals surface area (Å²) in [7, 11) is 4.10. The van der Waals surface area contributed by atoms with E-state index in [1.54, 1.807) is 0 Å². The smallest absolute Gasteiger partial charge is 0.362 e. The number of allylic oxidation sites excluding steroid dienone is 3. The molecule has 1 rings (SSSR count). The van der Waals surface area contributed by atoms with Crippen LogP contribution >= 0.6 is 0 Å². The van der Waals surface area contributed by atoms with Crippen molar-refractivity contribution in [1.29, 1.82) is 0 Å². The second-order valence-corrected chi connectivity index (χ2v) is 7.29. The first-order chi connectivity index (χ1) is 11.3. The number of hydrogen-bond donors (Lipinski definition) is 0. The number of carbonyl (C=O) groups excluding carboxylic acids is 1. The lowest BCUT2D eigenvalue weighted by Crippen LogP contribution is -3.00. The molecule has 0 N–H and O–H groups in total. The molecule has 25 heavy (non-hydrogen) atoms. The molecule has 0 fully saturated rings. The number of likely N-dealkylation sites (N-methyl/N-ethyl adjacent to an activating group) is 1. The number of benzene rings is 1. The highest BCUT2D eigenvalue weighted by molar-refractivity contribution is 5.70. The fraction of sp³-hybridized carbons (Fsp3) is 0.476. The van der Waals surface area contributed by atoms with Gasteiger partial charge in [0.25, 0.3) is 0 Å². The van der Waals surface area contributed by atoms with Crippen molar-refractivity contribution in [3.63, 3.8) is 0 Å². The number of rotatable bonds is 9. The number of esters is 1. The van der Waals surface area contributed by atoms with Crippen molar-refractivity contribution in [1.82, 2.24) is 0 Å². The summed E-state index contributed by atoms with van der Waals surface area (Å²) < 4.78 is 5.96. The molecule has 0 radical (unpaired) electrons. The molecule has 1 aromatic rings. The van der Waals surface area contributed by atoms with Gasteiger partial charge in [0, 0.05) is 5.56 Å². The lowest BCUT2D eigenvalue weighted by atomic mass is 10.1. The van der Waals surface area contributed by atoms with Gasteiger partial charge in [-0.1, -0.05) is 47.6 Å². The third kappa shape index (κ3) is 11.7. The highest BCUT2D eigenvalue weighted by atomic mass is 79.9. The zero-order chi connectivity index (χ0) is 18.0. The maximum absolute atomic E-state index is 12.1. The van der Waals surface area contributed by atoms with Gasteiger partial charge in [-0.05, 0) is 39.7 Å². The van der Waals surface area contributed by atoms with Gasteiger partial charge < -0.3 is 26.2 Å². The van der Waals surface area contributed by atoms with E-state index in [4.69, 9.17) is 4.74 Å². The summed E-state index contributed by atoms with van der Waals surface area (Å²) in [5.41, 5.74) is 3.83. The van der Waals surface area contributed by atoms with Gasteiger partial charge in [0.15, 0.2) is 6.54 Å².